The van der Waals surface area contributed by atoms with Gasteiger partial charge in [-0.1, -0.05) is 36.4 Å². The van der Waals surface area contributed by atoms with Crippen molar-refractivity contribution in [3.8, 4) is 11.1 Å². The normalized spacial score (nSPS) is 10.4. The highest BCUT2D eigenvalue weighted by Gasteiger charge is 2.07. The molecule has 0 atom stereocenters. The standard InChI is InChI=1S/C21H21FN4O2/c1-2-28-21(27)25-18-11-12-19(26-20(18)23)24-13-14-3-5-15(6-4-14)16-7-9-17(22)10-8-16/h3-12H,2,13H2,1H3,(H,25,27)(H3,23,24,26). The van der Waals surface area contributed by atoms with Crippen molar-refractivity contribution in [3.63, 3.8) is 0 Å². The molecule has 0 aliphatic rings. The number of benzene rings is 2. The molecule has 1 amide bonds. The number of halogens is 1. The van der Waals surface area contributed by atoms with Crippen molar-refractivity contribution in [1.29, 1.82) is 0 Å². The Morgan fingerprint density at radius 2 is 1.68 bits per heavy atom. The predicted octanol–water partition coefficient (Wildman–Crippen LogP) is 4.65. The molecule has 0 unspecified atom stereocenters. The van der Waals surface area contributed by atoms with Gasteiger partial charge in [0.05, 0.1) is 12.3 Å². The molecule has 6 nitrogen and oxygen atoms in total. The summed E-state index contributed by atoms with van der Waals surface area (Å²) >= 11 is 0. The van der Waals surface area contributed by atoms with E-state index in [1.807, 2.05) is 24.3 Å². The molecule has 144 valence electrons. The summed E-state index contributed by atoms with van der Waals surface area (Å²) in [5.74, 6) is 0.541. The van der Waals surface area contributed by atoms with Crippen LogP contribution in [-0.4, -0.2) is 17.7 Å². The van der Waals surface area contributed by atoms with Gasteiger partial charge < -0.3 is 15.8 Å². The molecule has 0 bridgehead atoms. The van der Waals surface area contributed by atoms with E-state index in [-0.39, 0.29) is 18.2 Å². The van der Waals surface area contributed by atoms with Gasteiger partial charge in [0, 0.05) is 6.54 Å². The molecular formula is C21H21FN4O2. The Labute approximate surface area is 162 Å². The van der Waals surface area contributed by atoms with E-state index < -0.39 is 6.09 Å². The molecule has 0 saturated heterocycles. The van der Waals surface area contributed by atoms with Crippen molar-refractivity contribution >= 4 is 23.4 Å². The molecule has 0 radical (unpaired) electrons. The van der Waals surface area contributed by atoms with Crippen LogP contribution in [-0.2, 0) is 11.3 Å². The number of anilines is 3. The first-order valence-corrected chi connectivity index (χ1v) is 8.84. The Kier molecular flexibility index (Phi) is 6.06. The van der Waals surface area contributed by atoms with Crippen molar-refractivity contribution in [2.45, 2.75) is 13.5 Å². The van der Waals surface area contributed by atoms with Crippen LogP contribution in [0.4, 0.5) is 26.5 Å². The lowest BCUT2D eigenvalue weighted by Crippen LogP contribution is -2.15. The van der Waals surface area contributed by atoms with E-state index in [2.05, 4.69) is 15.6 Å². The van der Waals surface area contributed by atoms with Crippen molar-refractivity contribution in [3.05, 3.63) is 72.0 Å². The smallest absolute Gasteiger partial charge is 0.411 e. The van der Waals surface area contributed by atoms with Gasteiger partial charge >= 0.3 is 6.09 Å². The number of carbonyl (C=O) groups excluding carboxylic acids is 1. The number of carbonyl (C=O) groups is 1. The molecule has 3 aromatic rings. The number of nitrogens with one attached hydrogen (secondary N) is 2. The van der Waals surface area contributed by atoms with Gasteiger partial charge in [0.25, 0.3) is 0 Å². The fraction of sp³-hybridized carbons (Fsp3) is 0.143. The Morgan fingerprint density at radius 3 is 2.29 bits per heavy atom. The lowest BCUT2D eigenvalue weighted by Gasteiger charge is -2.11. The molecule has 0 fully saturated rings. The van der Waals surface area contributed by atoms with E-state index in [0.717, 1.165) is 16.7 Å². The van der Waals surface area contributed by atoms with Crippen LogP contribution < -0.4 is 16.4 Å². The minimum atomic E-state index is -0.571. The van der Waals surface area contributed by atoms with Gasteiger partial charge in [-0.3, -0.25) is 5.32 Å². The highest BCUT2D eigenvalue weighted by atomic mass is 19.1. The Balaban J connectivity index is 1.60. The van der Waals surface area contributed by atoms with E-state index in [1.165, 1.54) is 12.1 Å². The predicted molar refractivity (Wildman–Crippen MR) is 108 cm³/mol. The van der Waals surface area contributed by atoms with Crippen LogP contribution in [0, 0.1) is 5.82 Å². The molecule has 0 aliphatic carbocycles. The molecule has 2 aromatic carbocycles. The van der Waals surface area contributed by atoms with E-state index in [9.17, 15) is 9.18 Å². The third-order valence-electron chi connectivity index (χ3n) is 4.04. The minimum absolute atomic E-state index is 0.199. The third-order valence-corrected chi connectivity index (χ3v) is 4.04. The van der Waals surface area contributed by atoms with Crippen LogP contribution in [0.25, 0.3) is 11.1 Å². The van der Waals surface area contributed by atoms with Crippen LogP contribution in [0.3, 0.4) is 0 Å². The molecule has 0 aliphatic heterocycles. The summed E-state index contributed by atoms with van der Waals surface area (Å²) in [6.07, 6.45) is -0.571. The maximum Gasteiger partial charge on any atom is 0.411 e. The summed E-state index contributed by atoms with van der Waals surface area (Å²) in [7, 11) is 0. The molecule has 0 saturated carbocycles. The van der Waals surface area contributed by atoms with Crippen molar-refractivity contribution in [1.82, 2.24) is 4.98 Å². The van der Waals surface area contributed by atoms with Gasteiger partial charge in [-0.05, 0) is 47.9 Å². The van der Waals surface area contributed by atoms with E-state index >= 15 is 0 Å². The molecule has 1 heterocycles. The van der Waals surface area contributed by atoms with Crippen LogP contribution in [0.15, 0.2) is 60.7 Å². The number of ether oxygens (including phenoxy) is 1. The maximum absolute atomic E-state index is 13.0. The molecule has 1 aromatic heterocycles. The van der Waals surface area contributed by atoms with Gasteiger partial charge in [0.15, 0.2) is 0 Å². The molecule has 7 heteroatoms. The number of amides is 1. The van der Waals surface area contributed by atoms with Crippen LogP contribution in [0.5, 0.6) is 0 Å². The molecule has 0 spiro atoms. The number of pyridine rings is 1. The number of hydrogen-bond acceptors (Lipinski definition) is 5. The second kappa shape index (κ2) is 8.85. The van der Waals surface area contributed by atoms with Crippen molar-refractivity contribution in [2.24, 2.45) is 0 Å². The lowest BCUT2D eigenvalue weighted by molar-refractivity contribution is 0.168. The average molecular weight is 380 g/mol. The van der Waals surface area contributed by atoms with Gasteiger partial charge in [-0.15, -0.1) is 0 Å². The van der Waals surface area contributed by atoms with Gasteiger partial charge in [-0.25, -0.2) is 14.2 Å². The first-order chi connectivity index (χ1) is 13.5. The summed E-state index contributed by atoms with van der Waals surface area (Å²) in [6.45, 7) is 2.56. The summed E-state index contributed by atoms with van der Waals surface area (Å²) in [5.41, 5.74) is 9.31. The first-order valence-electron chi connectivity index (χ1n) is 8.84. The number of nitrogens with zero attached hydrogens (tertiary/aromatic N) is 1. The van der Waals surface area contributed by atoms with Crippen molar-refractivity contribution < 1.29 is 13.9 Å². The molecule has 4 N–H and O–H groups in total. The molecular weight excluding hydrogens is 359 g/mol. The zero-order valence-electron chi connectivity index (χ0n) is 15.4. The fourth-order valence-corrected chi connectivity index (χ4v) is 2.61. The van der Waals surface area contributed by atoms with Crippen molar-refractivity contribution in [2.75, 3.05) is 23.0 Å². The summed E-state index contributed by atoms with van der Waals surface area (Å²) < 4.78 is 17.8. The summed E-state index contributed by atoms with van der Waals surface area (Å²) in [5, 5.41) is 5.73. The van der Waals surface area contributed by atoms with Gasteiger partial charge in [0.2, 0.25) is 0 Å². The second-order valence-electron chi connectivity index (χ2n) is 6.03. The monoisotopic (exact) mass is 380 g/mol. The Hall–Kier alpha value is -3.61. The zero-order chi connectivity index (χ0) is 19.9. The van der Waals surface area contributed by atoms with E-state index in [0.29, 0.717) is 18.1 Å². The van der Waals surface area contributed by atoms with Gasteiger partial charge in [-0.2, -0.15) is 0 Å². The number of rotatable bonds is 6. The average Bonchev–Trinajstić information content (AvgIpc) is 2.69. The quantitative estimate of drug-likeness (QED) is 0.579. The number of nitrogen functional groups attached to an aromatic ring is 1. The summed E-state index contributed by atoms with van der Waals surface area (Å²) in [4.78, 5) is 15.7. The largest absolute Gasteiger partial charge is 0.450 e. The zero-order valence-corrected chi connectivity index (χ0v) is 15.4. The minimum Gasteiger partial charge on any atom is -0.450 e. The SMILES string of the molecule is CCOC(=O)Nc1ccc(NCc2ccc(-c3ccc(F)cc3)cc2)nc1N. The van der Waals surface area contributed by atoms with Gasteiger partial charge in [0.1, 0.15) is 17.5 Å². The first kappa shape index (κ1) is 19.2. The maximum atomic E-state index is 13.0. The Bertz CT molecular complexity index is 944. The molecule has 3 rings (SSSR count). The lowest BCUT2D eigenvalue weighted by atomic mass is 10.0. The molecule has 28 heavy (non-hydrogen) atoms. The summed E-state index contributed by atoms with van der Waals surface area (Å²) in [6, 6.07) is 17.7. The van der Waals surface area contributed by atoms with Crippen LogP contribution in [0.2, 0.25) is 0 Å². The Morgan fingerprint density at radius 1 is 1.04 bits per heavy atom. The van der Waals surface area contributed by atoms with E-state index in [4.69, 9.17) is 10.5 Å². The second-order valence-corrected chi connectivity index (χ2v) is 6.03. The fourth-order valence-electron chi connectivity index (χ4n) is 2.61. The highest BCUT2D eigenvalue weighted by molar-refractivity contribution is 5.88. The third kappa shape index (κ3) is 4.97. The van der Waals surface area contributed by atoms with Crippen LogP contribution >= 0.6 is 0 Å². The number of hydrogen-bond donors (Lipinski definition) is 3. The number of nitrogens with two attached hydrogens (primary N) is 1. The number of aromatic nitrogens is 1. The highest BCUT2D eigenvalue weighted by Crippen LogP contribution is 2.22. The van der Waals surface area contributed by atoms with Crippen LogP contribution in [0.1, 0.15) is 12.5 Å². The van der Waals surface area contributed by atoms with E-state index in [1.54, 1.807) is 31.2 Å². The topological polar surface area (TPSA) is 89.3 Å².